The van der Waals surface area contributed by atoms with Gasteiger partial charge in [0.15, 0.2) is 0 Å². The van der Waals surface area contributed by atoms with Crippen molar-refractivity contribution in [3.8, 4) is 5.75 Å². The lowest BCUT2D eigenvalue weighted by molar-refractivity contribution is 0.223. The maximum atomic E-state index is 5.85. The number of aromatic nitrogens is 2. The van der Waals surface area contributed by atoms with E-state index in [0.29, 0.717) is 17.6 Å². The molecule has 0 saturated heterocycles. The summed E-state index contributed by atoms with van der Waals surface area (Å²) in [5.41, 5.74) is 1.15. The molecular weight excluding hydrogens is 324 g/mol. The molecule has 1 aromatic heterocycles. The lowest BCUT2D eigenvalue weighted by Gasteiger charge is -2.18. The van der Waals surface area contributed by atoms with Crippen LogP contribution in [0.25, 0.3) is 0 Å². The maximum Gasteiger partial charge on any atom is 0.149 e. The number of halogens is 1. The highest BCUT2D eigenvalue weighted by Crippen LogP contribution is 2.21. The average molecular weight is 349 g/mol. The van der Waals surface area contributed by atoms with Crippen molar-refractivity contribution in [2.45, 2.75) is 26.8 Å². The Bertz CT molecular complexity index is 617. The second-order valence-electron chi connectivity index (χ2n) is 5.54. The fourth-order valence-corrected chi connectivity index (χ4v) is 2.55. The van der Waals surface area contributed by atoms with Crippen LogP contribution in [-0.2, 0) is 0 Å². The molecule has 1 aromatic carbocycles. The third-order valence-corrected chi connectivity index (χ3v) is 4.10. The summed E-state index contributed by atoms with van der Waals surface area (Å²) in [5, 5.41) is 3.67. The Balaban J connectivity index is 1.86. The van der Waals surface area contributed by atoms with Gasteiger partial charge in [-0.2, -0.15) is 0 Å². The molecule has 1 atom stereocenters. The van der Waals surface area contributed by atoms with E-state index in [1.807, 2.05) is 12.1 Å². The van der Waals surface area contributed by atoms with Crippen LogP contribution in [0.3, 0.4) is 0 Å². The van der Waals surface area contributed by atoms with E-state index >= 15 is 0 Å². The van der Waals surface area contributed by atoms with Gasteiger partial charge < -0.3 is 15.0 Å². The number of nitrogens with zero attached hydrogens (tertiary/aromatic N) is 3. The predicted molar refractivity (Wildman–Crippen MR) is 98.8 cm³/mol. The minimum Gasteiger partial charge on any atom is -0.492 e. The van der Waals surface area contributed by atoms with Gasteiger partial charge in [-0.25, -0.2) is 4.98 Å². The van der Waals surface area contributed by atoms with Crippen LogP contribution in [0.15, 0.2) is 36.7 Å². The minimum atomic E-state index is 0.0995. The van der Waals surface area contributed by atoms with E-state index in [0.717, 1.165) is 30.9 Å². The normalized spacial score (nSPS) is 12.2. The standard InChI is InChI=1S/C18H25ClN4O/c1-4-23(5-2)10-11-24-16-8-6-15(7-9-16)14(3)21-18-13-20-12-17(19)22-18/h6-9,12-14H,4-5,10-11H2,1-3H3,(H,21,22). The summed E-state index contributed by atoms with van der Waals surface area (Å²) in [5.74, 6) is 1.55. The average Bonchev–Trinajstić information content (AvgIpc) is 2.59. The highest BCUT2D eigenvalue weighted by molar-refractivity contribution is 6.29. The summed E-state index contributed by atoms with van der Waals surface area (Å²) in [6, 6.07) is 8.21. The second-order valence-corrected chi connectivity index (χ2v) is 5.92. The fraction of sp³-hybridized carbons (Fsp3) is 0.444. The molecule has 1 heterocycles. The molecule has 2 rings (SSSR count). The number of benzene rings is 1. The minimum absolute atomic E-state index is 0.0995. The summed E-state index contributed by atoms with van der Waals surface area (Å²) < 4.78 is 5.81. The van der Waals surface area contributed by atoms with Crippen molar-refractivity contribution in [3.05, 3.63) is 47.4 Å². The molecule has 0 aliphatic rings. The zero-order valence-corrected chi connectivity index (χ0v) is 15.3. The third-order valence-electron chi connectivity index (χ3n) is 3.92. The fourth-order valence-electron chi connectivity index (χ4n) is 2.40. The quantitative estimate of drug-likeness (QED) is 0.741. The smallest absolute Gasteiger partial charge is 0.149 e. The van der Waals surface area contributed by atoms with Gasteiger partial charge in [0, 0.05) is 12.6 Å². The molecule has 0 radical (unpaired) electrons. The van der Waals surface area contributed by atoms with Crippen LogP contribution in [0.1, 0.15) is 32.4 Å². The van der Waals surface area contributed by atoms with Crippen LogP contribution in [0.5, 0.6) is 5.75 Å². The molecular formula is C18H25ClN4O. The van der Waals surface area contributed by atoms with E-state index < -0.39 is 0 Å². The van der Waals surface area contributed by atoms with Crippen LogP contribution in [0.4, 0.5) is 5.82 Å². The van der Waals surface area contributed by atoms with Gasteiger partial charge in [0.2, 0.25) is 0 Å². The van der Waals surface area contributed by atoms with Gasteiger partial charge >= 0.3 is 0 Å². The number of hydrogen-bond acceptors (Lipinski definition) is 5. The lowest BCUT2D eigenvalue weighted by Crippen LogP contribution is -2.27. The Hall–Kier alpha value is -1.85. The van der Waals surface area contributed by atoms with Gasteiger partial charge in [0.25, 0.3) is 0 Å². The summed E-state index contributed by atoms with van der Waals surface area (Å²) >= 11 is 5.85. The predicted octanol–water partition coefficient (Wildman–Crippen LogP) is 4.02. The Labute approximate surface area is 149 Å². The summed E-state index contributed by atoms with van der Waals surface area (Å²) in [6.07, 6.45) is 3.18. The first kappa shape index (κ1) is 18.5. The first-order chi connectivity index (χ1) is 11.6. The van der Waals surface area contributed by atoms with Crippen molar-refractivity contribution >= 4 is 17.4 Å². The highest BCUT2D eigenvalue weighted by Gasteiger charge is 2.07. The Morgan fingerprint density at radius 2 is 1.88 bits per heavy atom. The monoisotopic (exact) mass is 348 g/mol. The largest absolute Gasteiger partial charge is 0.492 e. The van der Waals surface area contributed by atoms with Gasteiger partial charge in [-0.05, 0) is 37.7 Å². The number of anilines is 1. The first-order valence-electron chi connectivity index (χ1n) is 8.31. The van der Waals surface area contributed by atoms with Crippen molar-refractivity contribution < 1.29 is 4.74 Å². The molecule has 0 bridgehead atoms. The summed E-state index contributed by atoms with van der Waals surface area (Å²) in [7, 11) is 0. The van der Waals surface area contributed by atoms with Crippen LogP contribution < -0.4 is 10.1 Å². The first-order valence-corrected chi connectivity index (χ1v) is 8.69. The molecule has 5 nitrogen and oxygen atoms in total. The summed E-state index contributed by atoms with van der Waals surface area (Å²) in [4.78, 5) is 10.6. The molecule has 0 aliphatic heterocycles. The maximum absolute atomic E-state index is 5.85. The van der Waals surface area contributed by atoms with Crippen molar-refractivity contribution in [2.75, 3.05) is 31.6 Å². The molecule has 24 heavy (non-hydrogen) atoms. The van der Waals surface area contributed by atoms with Crippen molar-refractivity contribution in [2.24, 2.45) is 0 Å². The number of nitrogens with one attached hydrogen (secondary N) is 1. The number of likely N-dealkylation sites (N-methyl/N-ethyl adjacent to an activating group) is 1. The van der Waals surface area contributed by atoms with Gasteiger partial charge in [0.1, 0.15) is 23.3 Å². The van der Waals surface area contributed by atoms with Crippen LogP contribution in [0.2, 0.25) is 5.15 Å². The van der Waals surface area contributed by atoms with Crippen LogP contribution in [0, 0.1) is 0 Å². The van der Waals surface area contributed by atoms with Crippen molar-refractivity contribution in [1.29, 1.82) is 0 Å². The van der Waals surface area contributed by atoms with E-state index in [4.69, 9.17) is 16.3 Å². The number of hydrogen-bond donors (Lipinski definition) is 1. The van der Waals surface area contributed by atoms with E-state index in [1.165, 1.54) is 6.20 Å². The van der Waals surface area contributed by atoms with E-state index in [9.17, 15) is 0 Å². The highest BCUT2D eigenvalue weighted by atomic mass is 35.5. The third kappa shape index (κ3) is 5.65. The molecule has 0 fully saturated rings. The van der Waals surface area contributed by atoms with E-state index in [-0.39, 0.29) is 6.04 Å². The molecule has 0 saturated carbocycles. The zero-order valence-electron chi connectivity index (χ0n) is 14.5. The molecule has 0 amide bonds. The molecule has 1 unspecified atom stereocenters. The molecule has 0 aliphatic carbocycles. The Morgan fingerprint density at radius 1 is 1.17 bits per heavy atom. The molecule has 2 aromatic rings. The zero-order chi connectivity index (χ0) is 17.4. The Morgan fingerprint density at radius 3 is 2.50 bits per heavy atom. The van der Waals surface area contributed by atoms with Crippen LogP contribution >= 0.6 is 11.6 Å². The summed E-state index contributed by atoms with van der Waals surface area (Å²) in [6.45, 7) is 10.1. The van der Waals surface area contributed by atoms with Gasteiger partial charge in [-0.3, -0.25) is 4.98 Å². The lowest BCUT2D eigenvalue weighted by atomic mass is 10.1. The number of rotatable bonds is 9. The van der Waals surface area contributed by atoms with Gasteiger partial charge in [-0.15, -0.1) is 0 Å². The second kappa shape index (κ2) is 9.45. The van der Waals surface area contributed by atoms with E-state index in [2.05, 4.69) is 53.1 Å². The van der Waals surface area contributed by atoms with Gasteiger partial charge in [0.05, 0.1) is 12.4 Å². The molecule has 1 N–H and O–H groups in total. The SMILES string of the molecule is CCN(CC)CCOc1ccc(C(C)Nc2cncc(Cl)n2)cc1. The molecule has 6 heteroatoms. The number of ether oxygens (including phenoxy) is 1. The van der Waals surface area contributed by atoms with Crippen molar-refractivity contribution in [1.82, 2.24) is 14.9 Å². The van der Waals surface area contributed by atoms with Gasteiger partial charge in [-0.1, -0.05) is 37.6 Å². The van der Waals surface area contributed by atoms with Crippen LogP contribution in [-0.4, -0.2) is 41.1 Å². The Kier molecular flexibility index (Phi) is 7.28. The topological polar surface area (TPSA) is 50.3 Å². The van der Waals surface area contributed by atoms with Crippen molar-refractivity contribution in [3.63, 3.8) is 0 Å². The van der Waals surface area contributed by atoms with E-state index in [1.54, 1.807) is 6.20 Å². The molecule has 0 spiro atoms. The molecule has 130 valence electrons.